The number of rotatable bonds is 8. The molecular formula is C17H22N4O3S. The summed E-state index contributed by atoms with van der Waals surface area (Å²) in [4.78, 5) is 23.4. The van der Waals surface area contributed by atoms with Crippen molar-refractivity contribution in [1.82, 2.24) is 20.1 Å². The van der Waals surface area contributed by atoms with E-state index in [1.165, 1.54) is 11.8 Å². The number of nitrogens with one attached hydrogen (secondary N) is 1. The van der Waals surface area contributed by atoms with Crippen LogP contribution in [0.3, 0.4) is 0 Å². The first-order valence-corrected chi connectivity index (χ1v) is 9.03. The number of carbonyl (C=O) groups excluding carboxylic acids is 1. The Labute approximate surface area is 150 Å². The van der Waals surface area contributed by atoms with Gasteiger partial charge in [-0.15, -0.1) is 10.2 Å². The highest BCUT2D eigenvalue weighted by atomic mass is 32.2. The molecule has 8 heteroatoms. The summed E-state index contributed by atoms with van der Waals surface area (Å²) < 4.78 is 1.79. The van der Waals surface area contributed by atoms with Crippen molar-refractivity contribution in [2.45, 2.75) is 38.4 Å². The normalized spacial score (nSPS) is 13.2. The van der Waals surface area contributed by atoms with Crippen LogP contribution in [0.4, 0.5) is 0 Å². The maximum absolute atomic E-state index is 12.1. The van der Waals surface area contributed by atoms with Crippen molar-refractivity contribution in [3.8, 4) is 5.69 Å². The predicted octanol–water partition coefficient (Wildman–Crippen LogP) is 2.28. The van der Waals surface area contributed by atoms with Gasteiger partial charge >= 0.3 is 5.97 Å². The predicted molar refractivity (Wildman–Crippen MR) is 95.8 cm³/mol. The fraction of sp³-hybridized carbons (Fsp3) is 0.412. The van der Waals surface area contributed by atoms with Crippen molar-refractivity contribution < 1.29 is 14.7 Å². The van der Waals surface area contributed by atoms with Crippen molar-refractivity contribution >= 4 is 23.6 Å². The number of carboxylic acids is 1. The van der Waals surface area contributed by atoms with Crippen LogP contribution in [-0.4, -0.2) is 43.5 Å². The highest BCUT2D eigenvalue weighted by molar-refractivity contribution is 7.99. The Kier molecular flexibility index (Phi) is 6.58. The molecule has 0 fully saturated rings. The average molecular weight is 362 g/mol. The molecule has 7 nitrogen and oxygen atoms in total. The molecule has 2 N–H and O–H groups in total. The zero-order valence-corrected chi connectivity index (χ0v) is 15.3. The van der Waals surface area contributed by atoms with E-state index in [1.54, 1.807) is 17.8 Å². The molecule has 25 heavy (non-hydrogen) atoms. The quantitative estimate of drug-likeness (QED) is 0.699. The Morgan fingerprint density at radius 3 is 2.60 bits per heavy atom. The van der Waals surface area contributed by atoms with Gasteiger partial charge in [-0.3, -0.25) is 9.36 Å². The lowest BCUT2D eigenvalue weighted by atomic mass is 9.99. The van der Waals surface area contributed by atoms with Gasteiger partial charge in [0, 0.05) is 5.69 Å². The van der Waals surface area contributed by atoms with Crippen molar-refractivity contribution in [2.24, 2.45) is 5.92 Å². The number of nitrogens with zero attached hydrogens (tertiary/aromatic N) is 3. The first-order valence-electron chi connectivity index (χ1n) is 8.04. The molecule has 2 atom stereocenters. The summed E-state index contributed by atoms with van der Waals surface area (Å²) in [5.74, 6) is -1.42. The van der Waals surface area contributed by atoms with Crippen LogP contribution >= 0.6 is 11.8 Å². The van der Waals surface area contributed by atoms with Crippen LogP contribution in [0.2, 0.25) is 0 Å². The number of hydrogen-bond acceptors (Lipinski definition) is 5. The third-order valence-electron chi connectivity index (χ3n) is 3.96. The van der Waals surface area contributed by atoms with Crippen molar-refractivity contribution in [2.75, 3.05) is 5.75 Å². The summed E-state index contributed by atoms with van der Waals surface area (Å²) in [6.45, 7) is 5.71. The Bertz CT molecular complexity index is 730. The number of amides is 1. The fourth-order valence-electron chi connectivity index (χ4n) is 2.23. The first kappa shape index (κ1) is 19.0. The minimum Gasteiger partial charge on any atom is -0.480 e. The molecule has 1 amide bonds. The third kappa shape index (κ3) is 5.06. The van der Waals surface area contributed by atoms with Crippen LogP contribution in [0, 0.1) is 12.8 Å². The number of benzene rings is 1. The van der Waals surface area contributed by atoms with Gasteiger partial charge in [0.15, 0.2) is 5.16 Å². The van der Waals surface area contributed by atoms with Gasteiger partial charge in [0.1, 0.15) is 12.4 Å². The van der Waals surface area contributed by atoms with Crippen molar-refractivity contribution in [1.29, 1.82) is 0 Å². The number of aromatic nitrogens is 3. The van der Waals surface area contributed by atoms with Crippen LogP contribution in [0.25, 0.3) is 5.69 Å². The molecule has 0 saturated heterocycles. The van der Waals surface area contributed by atoms with Gasteiger partial charge in [-0.25, -0.2) is 4.79 Å². The number of thioether (sulfide) groups is 1. The van der Waals surface area contributed by atoms with E-state index < -0.39 is 12.0 Å². The lowest BCUT2D eigenvalue weighted by Gasteiger charge is -2.19. The zero-order valence-electron chi connectivity index (χ0n) is 14.5. The summed E-state index contributed by atoms with van der Waals surface area (Å²) in [5, 5.41) is 20.3. The molecule has 134 valence electrons. The van der Waals surface area contributed by atoms with Gasteiger partial charge in [-0.2, -0.15) is 0 Å². The summed E-state index contributed by atoms with van der Waals surface area (Å²) in [5.41, 5.74) is 2.05. The maximum atomic E-state index is 12.1. The minimum absolute atomic E-state index is 0.0742. The Balaban J connectivity index is 2.00. The van der Waals surface area contributed by atoms with Crippen LogP contribution in [0.1, 0.15) is 25.8 Å². The van der Waals surface area contributed by atoms with Gasteiger partial charge in [0.05, 0.1) is 5.75 Å². The Hall–Kier alpha value is -2.35. The Morgan fingerprint density at radius 2 is 2.00 bits per heavy atom. The smallest absolute Gasteiger partial charge is 0.326 e. The molecule has 0 unspecified atom stereocenters. The topological polar surface area (TPSA) is 97.1 Å². The summed E-state index contributed by atoms with van der Waals surface area (Å²) >= 11 is 1.22. The van der Waals surface area contributed by atoms with Gasteiger partial charge in [-0.05, 0) is 25.0 Å². The molecule has 0 radical (unpaired) electrons. The first-order chi connectivity index (χ1) is 11.9. The SMILES string of the molecule is CC[C@H](C)[C@H](NC(=O)CSc1nncn1-c1ccc(C)cc1)C(=O)O. The molecule has 0 bridgehead atoms. The Morgan fingerprint density at radius 1 is 1.32 bits per heavy atom. The van der Waals surface area contributed by atoms with E-state index in [0.717, 1.165) is 11.3 Å². The molecule has 0 spiro atoms. The largest absolute Gasteiger partial charge is 0.480 e. The standard InChI is InChI=1S/C17H22N4O3S/c1-4-12(3)15(16(23)24)19-14(22)9-25-17-20-18-10-21(17)13-7-5-11(2)6-8-13/h5-8,10,12,15H,4,9H2,1-3H3,(H,19,22)(H,23,24)/t12-,15-/m0/s1. The molecule has 0 aliphatic heterocycles. The summed E-state index contributed by atoms with van der Waals surface area (Å²) in [6.07, 6.45) is 2.26. The molecule has 1 aromatic carbocycles. The van der Waals surface area contributed by atoms with E-state index in [9.17, 15) is 14.7 Å². The molecule has 0 saturated carbocycles. The van der Waals surface area contributed by atoms with E-state index >= 15 is 0 Å². The number of carbonyl (C=O) groups is 2. The minimum atomic E-state index is -1.02. The second kappa shape index (κ2) is 8.66. The van der Waals surface area contributed by atoms with Crippen molar-refractivity contribution in [3.05, 3.63) is 36.2 Å². The molecule has 0 aliphatic carbocycles. The number of carboxylic acid groups (broad SMARTS) is 1. The molecule has 2 rings (SSSR count). The van der Waals surface area contributed by atoms with Gasteiger partial charge in [-0.1, -0.05) is 49.7 Å². The van der Waals surface area contributed by atoms with Gasteiger partial charge in [0.25, 0.3) is 0 Å². The number of aryl methyl sites for hydroxylation is 1. The van der Waals surface area contributed by atoms with Crippen LogP contribution in [-0.2, 0) is 9.59 Å². The molecule has 1 aromatic heterocycles. The lowest BCUT2D eigenvalue weighted by Crippen LogP contribution is -2.45. The van der Waals surface area contributed by atoms with Crippen LogP contribution in [0.5, 0.6) is 0 Å². The van der Waals surface area contributed by atoms with Crippen LogP contribution in [0.15, 0.2) is 35.7 Å². The van der Waals surface area contributed by atoms with E-state index in [-0.39, 0.29) is 17.6 Å². The van der Waals surface area contributed by atoms with Crippen molar-refractivity contribution in [3.63, 3.8) is 0 Å². The second-order valence-corrected chi connectivity index (χ2v) is 6.82. The molecular weight excluding hydrogens is 340 g/mol. The summed E-state index contributed by atoms with van der Waals surface area (Å²) in [7, 11) is 0. The third-order valence-corrected chi connectivity index (χ3v) is 4.90. The number of aliphatic carboxylic acids is 1. The molecule has 1 heterocycles. The van der Waals surface area contributed by atoms with E-state index in [1.807, 2.05) is 38.1 Å². The molecule has 0 aliphatic rings. The lowest BCUT2D eigenvalue weighted by molar-refractivity contribution is -0.143. The fourth-order valence-corrected chi connectivity index (χ4v) is 2.97. The summed E-state index contributed by atoms with van der Waals surface area (Å²) in [6, 6.07) is 6.99. The second-order valence-electron chi connectivity index (χ2n) is 5.88. The van der Waals surface area contributed by atoms with Crippen LogP contribution < -0.4 is 5.32 Å². The zero-order chi connectivity index (χ0) is 18.4. The van der Waals surface area contributed by atoms with E-state index in [2.05, 4.69) is 15.5 Å². The number of hydrogen-bond donors (Lipinski definition) is 2. The average Bonchev–Trinajstić information content (AvgIpc) is 3.06. The van der Waals surface area contributed by atoms with Gasteiger partial charge in [0.2, 0.25) is 5.91 Å². The highest BCUT2D eigenvalue weighted by Crippen LogP contribution is 2.20. The van der Waals surface area contributed by atoms with Gasteiger partial charge < -0.3 is 10.4 Å². The monoisotopic (exact) mass is 362 g/mol. The molecule has 2 aromatic rings. The van der Waals surface area contributed by atoms with E-state index in [0.29, 0.717) is 11.6 Å². The van der Waals surface area contributed by atoms with E-state index in [4.69, 9.17) is 0 Å². The highest BCUT2D eigenvalue weighted by Gasteiger charge is 2.25. The maximum Gasteiger partial charge on any atom is 0.326 e.